The van der Waals surface area contributed by atoms with Crippen LogP contribution in [0.1, 0.15) is 16.8 Å². The van der Waals surface area contributed by atoms with E-state index in [1.807, 2.05) is 73.1 Å². The SMILES string of the molecule is Cc1cccc(-n2c(C)cn3c4c(=O)n(Cc5ccccc5)c(=O)n(C)c4nc23)c1. The first kappa shape index (κ1) is 18.2. The second-order valence-electron chi connectivity index (χ2n) is 7.62. The molecule has 2 aromatic carbocycles. The molecule has 0 spiro atoms. The van der Waals surface area contributed by atoms with Crippen LogP contribution in [-0.2, 0) is 13.6 Å². The van der Waals surface area contributed by atoms with E-state index in [0.29, 0.717) is 16.9 Å². The normalized spacial score (nSPS) is 11.6. The molecule has 0 saturated heterocycles. The first-order chi connectivity index (χ1) is 14.5. The van der Waals surface area contributed by atoms with Crippen molar-refractivity contribution in [2.24, 2.45) is 7.05 Å². The molecule has 7 nitrogen and oxygen atoms in total. The summed E-state index contributed by atoms with van der Waals surface area (Å²) >= 11 is 0. The maximum absolute atomic E-state index is 13.4. The molecule has 7 heteroatoms. The third-order valence-electron chi connectivity index (χ3n) is 5.47. The van der Waals surface area contributed by atoms with Crippen LogP contribution in [0.25, 0.3) is 22.6 Å². The number of fused-ring (bicyclic) bond motifs is 3. The minimum atomic E-state index is -0.379. The summed E-state index contributed by atoms with van der Waals surface area (Å²) in [6.07, 6.45) is 1.89. The van der Waals surface area contributed by atoms with Gasteiger partial charge in [-0.15, -0.1) is 0 Å². The van der Waals surface area contributed by atoms with E-state index < -0.39 is 0 Å². The van der Waals surface area contributed by atoms with Crippen LogP contribution < -0.4 is 11.2 Å². The van der Waals surface area contributed by atoms with E-state index in [1.54, 1.807) is 11.4 Å². The van der Waals surface area contributed by atoms with E-state index in [0.717, 1.165) is 22.5 Å². The number of rotatable bonds is 3. The summed E-state index contributed by atoms with van der Waals surface area (Å²) in [5.74, 6) is 0.609. The van der Waals surface area contributed by atoms with Crippen LogP contribution in [0.2, 0.25) is 0 Å². The quantitative estimate of drug-likeness (QED) is 0.469. The molecule has 3 heterocycles. The molecule has 0 unspecified atom stereocenters. The zero-order valence-corrected chi connectivity index (χ0v) is 17.0. The van der Waals surface area contributed by atoms with Gasteiger partial charge in [-0.25, -0.2) is 4.79 Å². The van der Waals surface area contributed by atoms with Gasteiger partial charge in [0.15, 0.2) is 11.2 Å². The second kappa shape index (κ2) is 6.59. The lowest BCUT2D eigenvalue weighted by Crippen LogP contribution is -2.39. The van der Waals surface area contributed by atoms with Gasteiger partial charge in [0.05, 0.1) is 6.54 Å². The zero-order chi connectivity index (χ0) is 21.0. The Morgan fingerprint density at radius 2 is 1.73 bits per heavy atom. The van der Waals surface area contributed by atoms with Gasteiger partial charge in [0.2, 0.25) is 5.78 Å². The fourth-order valence-electron chi connectivity index (χ4n) is 4.00. The fraction of sp³-hybridized carbons (Fsp3) is 0.174. The molecule has 0 aliphatic rings. The molecule has 5 aromatic rings. The van der Waals surface area contributed by atoms with Gasteiger partial charge >= 0.3 is 5.69 Å². The van der Waals surface area contributed by atoms with Crippen LogP contribution in [0.5, 0.6) is 0 Å². The standard InChI is InChI=1S/C23H21N5O2/c1-15-8-7-11-18(12-15)28-16(2)13-26-19-20(24-22(26)28)25(3)23(30)27(21(19)29)14-17-9-5-4-6-10-17/h4-13H,14H2,1-3H3. The van der Waals surface area contributed by atoms with Gasteiger partial charge in [-0.3, -0.25) is 22.9 Å². The van der Waals surface area contributed by atoms with Crippen LogP contribution in [0.15, 0.2) is 70.4 Å². The Bertz CT molecular complexity index is 1530. The topological polar surface area (TPSA) is 66.2 Å². The molecule has 0 amide bonds. The summed E-state index contributed by atoms with van der Waals surface area (Å²) in [6.45, 7) is 4.23. The Morgan fingerprint density at radius 3 is 2.47 bits per heavy atom. The first-order valence-electron chi connectivity index (χ1n) is 9.76. The van der Waals surface area contributed by atoms with E-state index in [4.69, 9.17) is 0 Å². The van der Waals surface area contributed by atoms with E-state index in [2.05, 4.69) is 11.1 Å². The van der Waals surface area contributed by atoms with Crippen molar-refractivity contribution in [1.29, 1.82) is 0 Å². The highest BCUT2D eigenvalue weighted by Gasteiger charge is 2.20. The van der Waals surface area contributed by atoms with Crippen molar-refractivity contribution >= 4 is 16.9 Å². The average molecular weight is 399 g/mol. The number of aryl methyl sites for hydroxylation is 3. The third-order valence-corrected chi connectivity index (χ3v) is 5.47. The van der Waals surface area contributed by atoms with Crippen molar-refractivity contribution in [3.63, 3.8) is 0 Å². The van der Waals surface area contributed by atoms with Gasteiger partial charge in [0.1, 0.15) is 0 Å². The Hall–Kier alpha value is -3.87. The number of hydrogen-bond acceptors (Lipinski definition) is 3. The van der Waals surface area contributed by atoms with Crippen molar-refractivity contribution in [3.05, 3.63) is 98.5 Å². The molecule has 0 fully saturated rings. The molecule has 0 bridgehead atoms. The number of imidazole rings is 2. The highest BCUT2D eigenvalue weighted by atomic mass is 16.2. The minimum Gasteiger partial charge on any atom is -0.283 e. The van der Waals surface area contributed by atoms with Crippen molar-refractivity contribution in [2.75, 3.05) is 0 Å². The largest absolute Gasteiger partial charge is 0.332 e. The number of benzene rings is 2. The maximum atomic E-state index is 13.4. The number of aromatic nitrogens is 5. The maximum Gasteiger partial charge on any atom is 0.332 e. The minimum absolute atomic E-state index is 0.215. The highest BCUT2D eigenvalue weighted by Crippen LogP contribution is 2.21. The molecule has 5 rings (SSSR count). The fourth-order valence-corrected chi connectivity index (χ4v) is 4.00. The summed E-state index contributed by atoms with van der Waals surface area (Å²) in [5.41, 5.74) is 4.00. The van der Waals surface area contributed by atoms with Gasteiger partial charge in [-0.2, -0.15) is 4.98 Å². The van der Waals surface area contributed by atoms with Crippen molar-refractivity contribution in [3.8, 4) is 5.69 Å². The van der Waals surface area contributed by atoms with Crippen molar-refractivity contribution < 1.29 is 0 Å². The van der Waals surface area contributed by atoms with Gasteiger partial charge in [0, 0.05) is 24.6 Å². The Labute approximate surface area is 172 Å². The predicted molar refractivity (Wildman–Crippen MR) is 117 cm³/mol. The van der Waals surface area contributed by atoms with Crippen LogP contribution >= 0.6 is 0 Å². The Morgan fingerprint density at radius 1 is 0.967 bits per heavy atom. The molecule has 0 saturated carbocycles. The van der Waals surface area contributed by atoms with E-state index >= 15 is 0 Å². The van der Waals surface area contributed by atoms with Crippen LogP contribution in [0, 0.1) is 13.8 Å². The van der Waals surface area contributed by atoms with Crippen LogP contribution in [-0.4, -0.2) is 23.1 Å². The molecule has 0 N–H and O–H groups in total. The molecule has 150 valence electrons. The van der Waals surface area contributed by atoms with Gasteiger partial charge < -0.3 is 0 Å². The molecular formula is C23H21N5O2. The zero-order valence-electron chi connectivity index (χ0n) is 17.0. The predicted octanol–water partition coefficient (Wildman–Crippen LogP) is 2.80. The molecular weight excluding hydrogens is 378 g/mol. The van der Waals surface area contributed by atoms with E-state index in [9.17, 15) is 9.59 Å². The molecule has 0 aliphatic heterocycles. The lowest BCUT2D eigenvalue weighted by molar-refractivity contribution is 0.656. The van der Waals surface area contributed by atoms with E-state index in [-0.39, 0.29) is 17.8 Å². The van der Waals surface area contributed by atoms with Gasteiger partial charge in [-0.1, -0.05) is 42.5 Å². The highest BCUT2D eigenvalue weighted by molar-refractivity contribution is 5.76. The van der Waals surface area contributed by atoms with Gasteiger partial charge in [0.25, 0.3) is 5.56 Å². The lowest BCUT2D eigenvalue weighted by Gasteiger charge is -2.08. The monoisotopic (exact) mass is 399 g/mol. The van der Waals surface area contributed by atoms with Crippen molar-refractivity contribution in [1.82, 2.24) is 23.1 Å². The molecule has 0 radical (unpaired) electrons. The number of nitrogens with zero attached hydrogens (tertiary/aromatic N) is 5. The third kappa shape index (κ3) is 2.62. The Balaban J connectivity index is 1.82. The van der Waals surface area contributed by atoms with Crippen molar-refractivity contribution in [2.45, 2.75) is 20.4 Å². The number of hydrogen-bond donors (Lipinski definition) is 0. The smallest absolute Gasteiger partial charge is 0.283 e. The summed E-state index contributed by atoms with van der Waals surface area (Å²) in [7, 11) is 1.65. The first-order valence-corrected chi connectivity index (χ1v) is 9.76. The summed E-state index contributed by atoms with van der Waals surface area (Å²) in [6, 6.07) is 17.6. The van der Waals surface area contributed by atoms with E-state index in [1.165, 1.54) is 9.13 Å². The molecule has 0 aliphatic carbocycles. The summed E-state index contributed by atoms with van der Waals surface area (Å²) in [4.78, 5) is 31.0. The lowest BCUT2D eigenvalue weighted by atomic mass is 10.2. The van der Waals surface area contributed by atoms with Crippen LogP contribution in [0.3, 0.4) is 0 Å². The van der Waals surface area contributed by atoms with Crippen LogP contribution in [0.4, 0.5) is 0 Å². The molecule has 0 atom stereocenters. The van der Waals surface area contributed by atoms with Gasteiger partial charge in [-0.05, 0) is 37.1 Å². The summed E-state index contributed by atoms with van der Waals surface area (Å²) in [5, 5.41) is 0. The summed E-state index contributed by atoms with van der Waals surface area (Å²) < 4.78 is 6.50. The second-order valence-corrected chi connectivity index (χ2v) is 7.62. The molecule has 30 heavy (non-hydrogen) atoms. The average Bonchev–Trinajstić information content (AvgIpc) is 3.25. The molecule has 3 aromatic heterocycles. The Kier molecular flexibility index (Phi) is 3.99.